The number of aliphatic hydroxyl groups is 1. The molecule has 1 fully saturated rings. The van der Waals surface area contributed by atoms with Gasteiger partial charge in [-0.05, 0) is 18.4 Å². The number of ether oxygens (including phenoxy) is 1. The molecule has 3 nitrogen and oxygen atoms in total. The second-order valence-corrected chi connectivity index (χ2v) is 5.74. The highest BCUT2D eigenvalue weighted by atomic mass is 16.5. The maximum absolute atomic E-state index is 12.7. The van der Waals surface area contributed by atoms with Crippen molar-refractivity contribution >= 4 is 5.78 Å². The molecule has 0 amide bonds. The van der Waals surface area contributed by atoms with Crippen LogP contribution in [0.25, 0.3) is 0 Å². The van der Waals surface area contributed by atoms with E-state index in [0.717, 1.165) is 5.56 Å². The van der Waals surface area contributed by atoms with Gasteiger partial charge in [0.1, 0.15) is 0 Å². The Labute approximate surface area is 130 Å². The Hall–Kier alpha value is -1.97. The number of ketones is 1. The first-order valence-corrected chi connectivity index (χ1v) is 7.67. The number of hydrogen-bond donors (Lipinski definition) is 1. The van der Waals surface area contributed by atoms with E-state index in [2.05, 4.69) is 0 Å². The minimum atomic E-state index is -0.244. The quantitative estimate of drug-likeness (QED) is 0.863. The average molecular weight is 296 g/mol. The molecule has 22 heavy (non-hydrogen) atoms. The van der Waals surface area contributed by atoms with E-state index in [-0.39, 0.29) is 30.5 Å². The molecule has 114 valence electrons. The molecular formula is C19H20O3. The van der Waals surface area contributed by atoms with Gasteiger partial charge in [0, 0.05) is 5.56 Å². The number of rotatable bonds is 5. The van der Waals surface area contributed by atoms with E-state index in [1.807, 2.05) is 60.7 Å². The van der Waals surface area contributed by atoms with Crippen LogP contribution < -0.4 is 0 Å². The lowest BCUT2D eigenvalue weighted by Gasteiger charge is -2.18. The molecular weight excluding hydrogens is 276 g/mol. The lowest BCUT2D eigenvalue weighted by Crippen LogP contribution is -2.26. The fourth-order valence-corrected chi connectivity index (χ4v) is 3.08. The summed E-state index contributed by atoms with van der Waals surface area (Å²) in [7, 11) is 0. The molecule has 0 unspecified atom stereocenters. The molecule has 1 aliphatic heterocycles. The molecule has 2 aromatic rings. The van der Waals surface area contributed by atoms with Crippen LogP contribution in [0.3, 0.4) is 0 Å². The topological polar surface area (TPSA) is 46.5 Å². The number of aliphatic hydroxyl groups excluding tert-OH is 1. The summed E-state index contributed by atoms with van der Waals surface area (Å²) in [5.41, 5.74) is 1.87. The van der Waals surface area contributed by atoms with Crippen molar-refractivity contribution in [3.63, 3.8) is 0 Å². The molecule has 0 aromatic heterocycles. The van der Waals surface area contributed by atoms with Crippen LogP contribution in [-0.4, -0.2) is 29.7 Å². The van der Waals surface area contributed by atoms with Gasteiger partial charge >= 0.3 is 0 Å². The number of carbonyl (C=O) groups is 1. The van der Waals surface area contributed by atoms with Gasteiger partial charge in [-0.15, -0.1) is 0 Å². The van der Waals surface area contributed by atoms with Crippen LogP contribution in [-0.2, 0) is 11.2 Å². The third-order valence-corrected chi connectivity index (χ3v) is 4.21. The second kappa shape index (κ2) is 6.86. The summed E-state index contributed by atoms with van der Waals surface area (Å²) in [6, 6.07) is 19.4. The first kappa shape index (κ1) is 14.9. The Morgan fingerprint density at radius 3 is 2.32 bits per heavy atom. The first-order valence-electron chi connectivity index (χ1n) is 7.67. The van der Waals surface area contributed by atoms with Gasteiger partial charge in [0.15, 0.2) is 5.78 Å². The maximum atomic E-state index is 12.7. The lowest BCUT2D eigenvalue weighted by molar-refractivity contribution is 0.00637. The van der Waals surface area contributed by atoms with Crippen molar-refractivity contribution in [3.8, 4) is 0 Å². The molecule has 0 bridgehead atoms. The van der Waals surface area contributed by atoms with Crippen LogP contribution in [0.4, 0.5) is 0 Å². The molecule has 1 saturated heterocycles. The van der Waals surface area contributed by atoms with Crippen LogP contribution >= 0.6 is 0 Å². The predicted octanol–water partition coefficient (Wildman–Crippen LogP) is 2.88. The number of benzene rings is 2. The minimum absolute atomic E-state index is 0.0378. The summed E-state index contributed by atoms with van der Waals surface area (Å²) in [5.74, 6) is -0.0859. The van der Waals surface area contributed by atoms with Crippen LogP contribution in [0.5, 0.6) is 0 Å². The summed E-state index contributed by atoms with van der Waals surface area (Å²) in [5, 5.41) is 9.38. The van der Waals surface area contributed by atoms with Crippen LogP contribution in [0.2, 0.25) is 0 Å². The smallest absolute Gasteiger partial charge is 0.168 e. The zero-order chi connectivity index (χ0) is 15.4. The van der Waals surface area contributed by atoms with Gasteiger partial charge in [0.2, 0.25) is 0 Å². The highest BCUT2D eigenvalue weighted by molar-refractivity contribution is 5.98. The molecule has 3 heteroatoms. The summed E-state index contributed by atoms with van der Waals surface area (Å²) in [6.07, 6.45) is 0.862. The predicted molar refractivity (Wildman–Crippen MR) is 84.8 cm³/mol. The normalized spacial score (nSPS) is 24.3. The summed E-state index contributed by atoms with van der Waals surface area (Å²) in [4.78, 5) is 12.7. The Morgan fingerprint density at radius 2 is 1.68 bits per heavy atom. The van der Waals surface area contributed by atoms with Crippen LogP contribution in [0.1, 0.15) is 22.3 Å². The number of Topliss-reactive ketones (excluding diaryl/α,β-unsaturated/α-hetero) is 1. The lowest BCUT2D eigenvalue weighted by atomic mass is 9.87. The van der Waals surface area contributed by atoms with Crippen molar-refractivity contribution in [2.24, 2.45) is 5.92 Å². The third kappa shape index (κ3) is 3.26. The Morgan fingerprint density at radius 1 is 1.05 bits per heavy atom. The van der Waals surface area contributed by atoms with E-state index >= 15 is 0 Å². The molecule has 3 rings (SSSR count). The summed E-state index contributed by atoms with van der Waals surface area (Å²) < 4.78 is 5.90. The van der Waals surface area contributed by atoms with E-state index in [1.54, 1.807) is 0 Å². The molecule has 0 saturated carbocycles. The number of hydrogen-bond acceptors (Lipinski definition) is 3. The highest BCUT2D eigenvalue weighted by Gasteiger charge is 2.39. The molecule has 1 aliphatic rings. The molecule has 0 aliphatic carbocycles. The maximum Gasteiger partial charge on any atom is 0.168 e. The van der Waals surface area contributed by atoms with Crippen LogP contribution in [0.15, 0.2) is 60.7 Å². The molecule has 1 heterocycles. The SMILES string of the molecule is O=C(c1ccccc1)[C@H]1C[C@H](CO)O[C@@H]1Cc1ccccc1. The van der Waals surface area contributed by atoms with Crippen molar-refractivity contribution < 1.29 is 14.6 Å². The van der Waals surface area contributed by atoms with Crippen molar-refractivity contribution in [1.29, 1.82) is 0 Å². The molecule has 3 atom stereocenters. The molecule has 0 spiro atoms. The summed E-state index contributed by atoms with van der Waals surface area (Å²) in [6.45, 7) is -0.0378. The zero-order valence-electron chi connectivity index (χ0n) is 12.4. The Kier molecular flexibility index (Phi) is 4.66. The van der Waals surface area contributed by atoms with Crippen LogP contribution in [0, 0.1) is 5.92 Å². The Balaban J connectivity index is 1.79. The fourth-order valence-electron chi connectivity index (χ4n) is 3.08. The van der Waals surface area contributed by atoms with Gasteiger partial charge in [-0.3, -0.25) is 4.79 Å². The van der Waals surface area contributed by atoms with E-state index < -0.39 is 0 Å². The average Bonchev–Trinajstić information content (AvgIpc) is 2.99. The van der Waals surface area contributed by atoms with E-state index in [1.165, 1.54) is 0 Å². The monoisotopic (exact) mass is 296 g/mol. The zero-order valence-corrected chi connectivity index (χ0v) is 12.4. The van der Waals surface area contributed by atoms with Gasteiger partial charge in [-0.1, -0.05) is 60.7 Å². The molecule has 1 N–H and O–H groups in total. The van der Waals surface area contributed by atoms with Crippen molar-refractivity contribution in [2.45, 2.75) is 25.0 Å². The third-order valence-electron chi connectivity index (χ3n) is 4.21. The van der Waals surface area contributed by atoms with Crippen molar-refractivity contribution in [1.82, 2.24) is 0 Å². The second-order valence-electron chi connectivity index (χ2n) is 5.74. The molecule has 2 aromatic carbocycles. The van der Waals surface area contributed by atoms with Crippen molar-refractivity contribution in [3.05, 3.63) is 71.8 Å². The minimum Gasteiger partial charge on any atom is -0.394 e. The van der Waals surface area contributed by atoms with Crippen molar-refractivity contribution in [2.75, 3.05) is 6.61 Å². The van der Waals surface area contributed by atoms with Gasteiger partial charge in [0.05, 0.1) is 24.7 Å². The van der Waals surface area contributed by atoms with Gasteiger partial charge in [-0.25, -0.2) is 0 Å². The van der Waals surface area contributed by atoms with Gasteiger partial charge < -0.3 is 9.84 Å². The van der Waals surface area contributed by atoms with E-state index in [0.29, 0.717) is 18.4 Å². The largest absolute Gasteiger partial charge is 0.394 e. The Bertz CT molecular complexity index is 609. The van der Waals surface area contributed by atoms with Gasteiger partial charge in [-0.2, -0.15) is 0 Å². The summed E-state index contributed by atoms with van der Waals surface area (Å²) >= 11 is 0. The standard InChI is InChI=1S/C19H20O3/c20-13-16-12-17(19(21)15-9-5-2-6-10-15)18(22-16)11-14-7-3-1-4-8-14/h1-10,16-18,20H,11-13H2/t16-,17+,18-/m1/s1. The highest BCUT2D eigenvalue weighted by Crippen LogP contribution is 2.31. The fraction of sp³-hybridized carbons (Fsp3) is 0.316. The molecule has 0 radical (unpaired) electrons. The van der Waals surface area contributed by atoms with Gasteiger partial charge in [0.25, 0.3) is 0 Å². The number of carbonyl (C=O) groups excluding carboxylic acids is 1. The van der Waals surface area contributed by atoms with E-state index in [9.17, 15) is 9.90 Å². The first-order chi connectivity index (χ1) is 10.8. The van der Waals surface area contributed by atoms with E-state index in [4.69, 9.17) is 4.74 Å².